The number of anilines is 1. The van der Waals surface area contributed by atoms with Crippen molar-refractivity contribution in [1.29, 1.82) is 0 Å². The Morgan fingerprint density at radius 3 is 2.65 bits per heavy atom. The number of nitrogens with zero attached hydrogens (tertiary/aromatic N) is 2. The molecule has 1 heterocycles. The van der Waals surface area contributed by atoms with Crippen molar-refractivity contribution in [3.8, 4) is 0 Å². The average molecular weight is 238 g/mol. The van der Waals surface area contributed by atoms with Crippen LogP contribution in [-0.4, -0.2) is 16.2 Å². The molecule has 0 spiro atoms. The van der Waals surface area contributed by atoms with Crippen LogP contribution in [0.1, 0.15) is 52.0 Å². The molecule has 5 nitrogen and oxygen atoms in total. The van der Waals surface area contributed by atoms with Gasteiger partial charge in [-0.2, -0.15) is 0 Å². The van der Waals surface area contributed by atoms with Crippen LogP contribution in [0.15, 0.2) is 4.42 Å². The lowest BCUT2D eigenvalue weighted by Gasteiger charge is -2.31. The monoisotopic (exact) mass is 238 g/mol. The van der Waals surface area contributed by atoms with E-state index in [0.29, 0.717) is 17.9 Å². The summed E-state index contributed by atoms with van der Waals surface area (Å²) in [6.07, 6.45) is 3.59. The summed E-state index contributed by atoms with van der Waals surface area (Å²) in [7, 11) is 0. The Bertz CT molecular complexity index is 363. The van der Waals surface area contributed by atoms with Crippen molar-refractivity contribution in [1.82, 2.24) is 10.2 Å². The van der Waals surface area contributed by atoms with Crippen LogP contribution in [0.2, 0.25) is 0 Å². The van der Waals surface area contributed by atoms with Crippen LogP contribution in [0.5, 0.6) is 0 Å². The van der Waals surface area contributed by atoms with E-state index >= 15 is 0 Å². The first-order valence-electron chi connectivity index (χ1n) is 6.41. The summed E-state index contributed by atoms with van der Waals surface area (Å²) < 4.78 is 5.45. The smallest absolute Gasteiger partial charge is 0.315 e. The van der Waals surface area contributed by atoms with E-state index in [2.05, 4.69) is 29.4 Å². The molecule has 4 unspecified atom stereocenters. The lowest BCUT2D eigenvalue weighted by atomic mass is 9.79. The maximum absolute atomic E-state index is 5.68. The first-order valence-corrected chi connectivity index (χ1v) is 6.41. The fraction of sp³-hybridized carbons (Fsp3) is 0.833. The zero-order chi connectivity index (χ0) is 12.4. The van der Waals surface area contributed by atoms with E-state index < -0.39 is 0 Å². The van der Waals surface area contributed by atoms with Gasteiger partial charge in [-0.1, -0.05) is 18.9 Å². The molecule has 1 aliphatic rings. The van der Waals surface area contributed by atoms with E-state index in [1.54, 1.807) is 0 Å². The lowest BCUT2D eigenvalue weighted by Crippen LogP contribution is -2.30. The van der Waals surface area contributed by atoms with Gasteiger partial charge in [0, 0.05) is 6.04 Å². The van der Waals surface area contributed by atoms with Gasteiger partial charge in [0.05, 0.1) is 6.04 Å². The predicted molar refractivity (Wildman–Crippen MR) is 66.5 cm³/mol. The van der Waals surface area contributed by atoms with Gasteiger partial charge < -0.3 is 15.5 Å². The minimum absolute atomic E-state index is 0.205. The summed E-state index contributed by atoms with van der Waals surface area (Å²) in [5, 5.41) is 11.2. The largest absolute Gasteiger partial charge is 0.406 e. The normalized spacial score (nSPS) is 31.2. The van der Waals surface area contributed by atoms with E-state index in [9.17, 15) is 0 Å². The molecule has 0 amide bonds. The summed E-state index contributed by atoms with van der Waals surface area (Å²) in [6, 6.07) is 0.745. The van der Waals surface area contributed by atoms with Crippen molar-refractivity contribution in [2.24, 2.45) is 17.6 Å². The third kappa shape index (κ3) is 2.97. The molecule has 0 radical (unpaired) electrons. The molecule has 0 saturated heterocycles. The van der Waals surface area contributed by atoms with Crippen LogP contribution in [0.4, 0.5) is 6.01 Å². The highest BCUT2D eigenvalue weighted by atomic mass is 16.4. The number of aromatic nitrogens is 2. The van der Waals surface area contributed by atoms with Gasteiger partial charge in [-0.25, -0.2) is 0 Å². The minimum atomic E-state index is -0.205. The van der Waals surface area contributed by atoms with E-state index in [1.807, 2.05) is 6.92 Å². The first kappa shape index (κ1) is 12.4. The number of nitrogens with two attached hydrogens (primary N) is 1. The molecule has 3 N–H and O–H groups in total. The van der Waals surface area contributed by atoms with E-state index in [4.69, 9.17) is 10.2 Å². The Morgan fingerprint density at radius 1 is 1.29 bits per heavy atom. The van der Waals surface area contributed by atoms with Gasteiger partial charge in [0.1, 0.15) is 0 Å². The molecule has 0 bridgehead atoms. The number of rotatable bonds is 3. The van der Waals surface area contributed by atoms with Gasteiger partial charge in [-0.05, 0) is 38.0 Å². The summed E-state index contributed by atoms with van der Waals surface area (Å²) in [5.41, 5.74) is 5.68. The maximum atomic E-state index is 5.68. The molecular formula is C12H22N4O. The van der Waals surface area contributed by atoms with Crippen molar-refractivity contribution in [2.75, 3.05) is 5.32 Å². The SMILES string of the molecule is CC(N)c1nnc(NC2CCC(C)C(C)C2)o1. The third-order valence-electron chi connectivity index (χ3n) is 3.76. The summed E-state index contributed by atoms with van der Waals surface area (Å²) >= 11 is 0. The second kappa shape index (κ2) is 5.04. The fourth-order valence-electron chi connectivity index (χ4n) is 2.33. The molecule has 1 aromatic heterocycles. The van der Waals surface area contributed by atoms with Gasteiger partial charge >= 0.3 is 6.01 Å². The summed E-state index contributed by atoms with van der Waals surface area (Å²) in [5.74, 6) is 2.05. The van der Waals surface area contributed by atoms with Crippen LogP contribution in [0.25, 0.3) is 0 Å². The highest BCUT2D eigenvalue weighted by Gasteiger charge is 2.25. The molecule has 1 fully saturated rings. The Hall–Kier alpha value is -1.10. The Balaban J connectivity index is 1.92. The number of nitrogens with one attached hydrogen (secondary N) is 1. The van der Waals surface area contributed by atoms with Gasteiger partial charge in [0.25, 0.3) is 0 Å². The fourth-order valence-corrected chi connectivity index (χ4v) is 2.33. The molecular weight excluding hydrogens is 216 g/mol. The Kier molecular flexibility index (Phi) is 3.66. The molecule has 1 saturated carbocycles. The lowest BCUT2D eigenvalue weighted by molar-refractivity contribution is 0.258. The maximum Gasteiger partial charge on any atom is 0.315 e. The first-order chi connectivity index (χ1) is 8.06. The van der Waals surface area contributed by atoms with Gasteiger partial charge in [-0.15, -0.1) is 5.10 Å². The zero-order valence-electron chi connectivity index (χ0n) is 10.8. The van der Waals surface area contributed by atoms with Crippen molar-refractivity contribution in [3.63, 3.8) is 0 Å². The summed E-state index contributed by atoms with van der Waals surface area (Å²) in [4.78, 5) is 0. The second-order valence-electron chi connectivity index (χ2n) is 5.34. The highest BCUT2D eigenvalue weighted by Crippen LogP contribution is 2.30. The van der Waals surface area contributed by atoms with Crippen molar-refractivity contribution in [2.45, 2.75) is 52.1 Å². The standard InChI is InChI=1S/C12H22N4O/c1-7-4-5-10(6-8(7)2)14-12-16-15-11(17-12)9(3)13/h7-10H,4-6,13H2,1-3H3,(H,14,16). The highest BCUT2D eigenvalue weighted by molar-refractivity contribution is 5.20. The van der Waals surface area contributed by atoms with Gasteiger partial charge in [0.2, 0.25) is 5.89 Å². The van der Waals surface area contributed by atoms with Crippen molar-refractivity contribution in [3.05, 3.63) is 5.89 Å². The van der Waals surface area contributed by atoms with Crippen LogP contribution in [-0.2, 0) is 0 Å². The van der Waals surface area contributed by atoms with Crippen LogP contribution in [0, 0.1) is 11.8 Å². The van der Waals surface area contributed by atoms with E-state index in [0.717, 1.165) is 18.3 Å². The average Bonchev–Trinajstić information content (AvgIpc) is 2.72. The number of hydrogen-bond acceptors (Lipinski definition) is 5. The van der Waals surface area contributed by atoms with Gasteiger partial charge in [0.15, 0.2) is 0 Å². The molecule has 1 aromatic rings. The molecule has 1 aliphatic carbocycles. The molecule has 96 valence electrons. The molecule has 17 heavy (non-hydrogen) atoms. The topological polar surface area (TPSA) is 77.0 Å². The zero-order valence-corrected chi connectivity index (χ0v) is 10.8. The Morgan fingerprint density at radius 2 is 2.06 bits per heavy atom. The van der Waals surface area contributed by atoms with E-state index in [-0.39, 0.29) is 6.04 Å². The molecule has 2 rings (SSSR count). The third-order valence-corrected chi connectivity index (χ3v) is 3.76. The molecule has 5 heteroatoms. The molecule has 4 atom stereocenters. The van der Waals surface area contributed by atoms with Gasteiger partial charge in [-0.3, -0.25) is 0 Å². The second-order valence-corrected chi connectivity index (χ2v) is 5.34. The molecule has 0 aromatic carbocycles. The molecule has 0 aliphatic heterocycles. The van der Waals surface area contributed by atoms with Crippen molar-refractivity contribution >= 4 is 6.01 Å². The van der Waals surface area contributed by atoms with Crippen LogP contribution in [0.3, 0.4) is 0 Å². The van der Waals surface area contributed by atoms with E-state index in [1.165, 1.54) is 12.8 Å². The number of hydrogen-bond donors (Lipinski definition) is 2. The Labute approximate surface area is 102 Å². The quantitative estimate of drug-likeness (QED) is 0.845. The minimum Gasteiger partial charge on any atom is -0.406 e. The predicted octanol–water partition coefficient (Wildman–Crippen LogP) is 2.33. The van der Waals surface area contributed by atoms with Crippen molar-refractivity contribution < 1.29 is 4.42 Å². The van der Waals surface area contributed by atoms with Crippen LogP contribution >= 0.6 is 0 Å². The summed E-state index contributed by atoms with van der Waals surface area (Å²) in [6.45, 7) is 6.46. The van der Waals surface area contributed by atoms with Crippen LogP contribution < -0.4 is 11.1 Å².